The maximum atomic E-state index is 11.8. The summed E-state index contributed by atoms with van der Waals surface area (Å²) >= 11 is 0. The van der Waals surface area contributed by atoms with Crippen molar-refractivity contribution in [2.75, 3.05) is 0 Å². The van der Waals surface area contributed by atoms with Crippen LogP contribution in [-0.4, -0.2) is 5.66 Å². The minimum Gasteiger partial charge on any atom is -0.315 e. The third kappa shape index (κ3) is 2.67. The molecule has 64 valence electrons. The second-order valence-electron chi connectivity index (χ2n) is 2.77. The van der Waals surface area contributed by atoms with Gasteiger partial charge in [0.2, 0.25) is 0 Å². The molecule has 0 bridgehead atoms. The fraction of sp³-hybridized carbons (Fsp3) is 0.556. The highest BCUT2D eigenvalue weighted by atomic mass is 31.2. The quantitative estimate of drug-likeness (QED) is 0.576. The van der Waals surface area contributed by atoms with Gasteiger partial charge in [-0.1, -0.05) is 33.4 Å². The van der Waals surface area contributed by atoms with E-state index >= 15 is 0 Å². The molecule has 0 aliphatic rings. The van der Waals surface area contributed by atoms with E-state index in [-0.39, 0.29) is 5.66 Å². The molecule has 0 aliphatic heterocycles. The standard InChI is InChI=1S/C9H17OP/c1-5-8-9(4)11(10,6-2)7-3/h6-7,9H,2-3,5,8H2,1,4H3. The Labute approximate surface area is 69.6 Å². The summed E-state index contributed by atoms with van der Waals surface area (Å²) in [4.78, 5) is 0. The van der Waals surface area contributed by atoms with E-state index in [9.17, 15) is 4.57 Å². The number of rotatable bonds is 5. The van der Waals surface area contributed by atoms with Crippen molar-refractivity contribution in [1.82, 2.24) is 0 Å². The van der Waals surface area contributed by atoms with E-state index in [1.54, 1.807) is 11.6 Å². The van der Waals surface area contributed by atoms with Crippen molar-refractivity contribution in [1.29, 1.82) is 0 Å². The maximum Gasteiger partial charge on any atom is 0.131 e. The van der Waals surface area contributed by atoms with Crippen molar-refractivity contribution in [3.63, 3.8) is 0 Å². The van der Waals surface area contributed by atoms with Gasteiger partial charge in [-0.2, -0.15) is 0 Å². The first-order chi connectivity index (χ1) is 5.10. The highest BCUT2D eigenvalue weighted by molar-refractivity contribution is 7.70. The van der Waals surface area contributed by atoms with Gasteiger partial charge in [-0.25, -0.2) is 0 Å². The summed E-state index contributed by atoms with van der Waals surface area (Å²) in [6.07, 6.45) is 2.04. The van der Waals surface area contributed by atoms with E-state index in [0.717, 1.165) is 12.8 Å². The second kappa shape index (κ2) is 4.56. The van der Waals surface area contributed by atoms with Crippen LogP contribution >= 0.6 is 7.14 Å². The zero-order valence-electron chi connectivity index (χ0n) is 7.42. The minimum atomic E-state index is -2.26. The van der Waals surface area contributed by atoms with Crippen LogP contribution in [0, 0.1) is 0 Å². The molecule has 0 amide bonds. The number of hydrogen-bond acceptors (Lipinski definition) is 1. The Morgan fingerprint density at radius 3 is 2.18 bits per heavy atom. The summed E-state index contributed by atoms with van der Waals surface area (Å²) in [5.41, 5.74) is 0.211. The van der Waals surface area contributed by atoms with Gasteiger partial charge in [0, 0.05) is 5.66 Å². The SMILES string of the molecule is C=CP(=O)(C=C)C(C)CCC. The van der Waals surface area contributed by atoms with Crippen LogP contribution in [0.1, 0.15) is 26.7 Å². The first-order valence-electron chi connectivity index (χ1n) is 3.97. The van der Waals surface area contributed by atoms with Crippen molar-refractivity contribution in [2.24, 2.45) is 0 Å². The lowest BCUT2D eigenvalue weighted by molar-refractivity contribution is 0.573. The third-order valence-corrected chi connectivity index (χ3v) is 4.74. The third-order valence-electron chi connectivity index (χ3n) is 1.97. The average Bonchev–Trinajstić information content (AvgIpc) is 2.03. The van der Waals surface area contributed by atoms with Crippen LogP contribution in [-0.2, 0) is 4.57 Å². The molecule has 2 heteroatoms. The monoisotopic (exact) mass is 172 g/mol. The van der Waals surface area contributed by atoms with Crippen LogP contribution in [0.2, 0.25) is 0 Å². The molecular formula is C9H17OP. The van der Waals surface area contributed by atoms with E-state index in [2.05, 4.69) is 20.1 Å². The minimum absolute atomic E-state index is 0.211. The van der Waals surface area contributed by atoms with Crippen molar-refractivity contribution >= 4 is 7.14 Å². The Bertz CT molecular complexity index is 172. The molecule has 0 saturated heterocycles. The summed E-state index contributed by atoms with van der Waals surface area (Å²) in [7, 11) is -2.26. The molecule has 0 N–H and O–H groups in total. The molecule has 11 heavy (non-hydrogen) atoms. The van der Waals surface area contributed by atoms with Crippen LogP contribution in [0.4, 0.5) is 0 Å². The smallest absolute Gasteiger partial charge is 0.131 e. The fourth-order valence-corrected chi connectivity index (χ4v) is 2.58. The lowest BCUT2D eigenvalue weighted by atomic mass is 10.3. The van der Waals surface area contributed by atoms with Crippen LogP contribution in [0.25, 0.3) is 0 Å². The van der Waals surface area contributed by atoms with Crippen molar-refractivity contribution in [3.8, 4) is 0 Å². The van der Waals surface area contributed by atoms with Gasteiger partial charge in [0.25, 0.3) is 0 Å². The molecule has 0 heterocycles. The second-order valence-corrected chi connectivity index (χ2v) is 5.91. The molecule has 0 aromatic heterocycles. The van der Waals surface area contributed by atoms with Crippen molar-refractivity contribution < 1.29 is 4.57 Å². The van der Waals surface area contributed by atoms with Gasteiger partial charge in [0.1, 0.15) is 7.14 Å². The van der Waals surface area contributed by atoms with Crippen LogP contribution in [0.3, 0.4) is 0 Å². The van der Waals surface area contributed by atoms with Gasteiger partial charge >= 0.3 is 0 Å². The maximum absolute atomic E-state index is 11.8. The molecule has 1 nitrogen and oxygen atoms in total. The number of hydrogen-bond donors (Lipinski definition) is 0. The van der Waals surface area contributed by atoms with E-state index < -0.39 is 7.14 Å². The summed E-state index contributed by atoms with van der Waals surface area (Å²) in [5, 5.41) is 0. The molecule has 0 fully saturated rings. The normalized spacial score (nSPS) is 14.0. The fourth-order valence-electron chi connectivity index (χ4n) is 1.05. The van der Waals surface area contributed by atoms with Gasteiger partial charge in [-0.3, -0.25) is 0 Å². The molecule has 0 aromatic rings. The average molecular weight is 172 g/mol. The Balaban J connectivity index is 4.37. The zero-order chi connectivity index (χ0) is 8.91. The molecule has 1 atom stereocenters. The van der Waals surface area contributed by atoms with Crippen LogP contribution in [0.15, 0.2) is 24.8 Å². The molecule has 0 rings (SSSR count). The highest BCUT2D eigenvalue weighted by Gasteiger charge is 2.20. The largest absolute Gasteiger partial charge is 0.315 e. The topological polar surface area (TPSA) is 17.1 Å². The Morgan fingerprint density at radius 1 is 1.45 bits per heavy atom. The molecule has 1 unspecified atom stereocenters. The highest BCUT2D eigenvalue weighted by Crippen LogP contribution is 2.54. The van der Waals surface area contributed by atoms with Gasteiger partial charge in [0.05, 0.1) is 0 Å². The first-order valence-corrected chi connectivity index (χ1v) is 5.88. The van der Waals surface area contributed by atoms with E-state index in [1.807, 2.05) is 6.92 Å². The summed E-state index contributed by atoms with van der Waals surface area (Å²) in [6, 6.07) is 0. The summed E-state index contributed by atoms with van der Waals surface area (Å²) < 4.78 is 11.8. The van der Waals surface area contributed by atoms with Crippen molar-refractivity contribution in [3.05, 3.63) is 24.8 Å². The summed E-state index contributed by atoms with van der Waals surface area (Å²) in [5.74, 6) is 3.11. The molecule has 0 radical (unpaired) electrons. The van der Waals surface area contributed by atoms with E-state index in [0.29, 0.717) is 0 Å². The van der Waals surface area contributed by atoms with Crippen LogP contribution < -0.4 is 0 Å². The molecule has 0 saturated carbocycles. The lowest BCUT2D eigenvalue weighted by Gasteiger charge is -2.16. The predicted molar refractivity (Wildman–Crippen MR) is 52.4 cm³/mol. The van der Waals surface area contributed by atoms with E-state index in [4.69, 9.17) is 0 Å². The first kappa shape index (κ1) is 10.7. The van der Waals surface area contributed by atoms with Gasteiger partial charge in [-0.05, 0) is 18.1 Å². The predicted octanol–water partition coefficient (Wildman–Crippen LogP) is 3.83. The Kier molecular flexibility index (Phi) is 4.44. The zero-order valence-corrected chi connectivity index (χ0v) is 8.31. The van der Waals surface area contributed by atoms with Crippen LogP contribution in [0.5, 0.6) is 0 Å². The summed E-state index contributed by atoms with van der Waals surface area (Å²) in [6.45, 7) is 11.2. The lowest BCUT2D eigenvalue weighted by Crippen LogP contribution is -1.98. The molecule has 0 aromatic carbocycles. The molecule has 0 aliphatic carbocycles. The van der Waals surface area contributed by atoms with Crippen molar-refractivity contribution in [2.45, 2.75) is 32.3 Å². The van der Waals surface area contributed by atoms with Gasteiger partial charge in [-0.15, -0.1) is 0 Å². The van der Waals surface area contributed by atoms with E-state index in [1.165, 1.54) is 0 Å². The van der Waals surface area contributed by atoms with Gasteiger partial charge < -0.3 is 4.57 Å². The Hall–Kier alpha value is -0.290. The molecular weight excluding hydrogens is 155 g/mol. The Morgan fingerprint density at radius 2 is 1.91 bits per heavy atom. The van der Waals surface area contributed by atoms with Gasteiger partial charge in [0.15, 0.2) is 0 Å². The molecule has 0 spiro atoms.